The molecule has 0 radical (unpaired) electrons. The summed E-state index contributed by atoms with van der Waals surface area (Å²) in [6.45, 7) is 5.34. The average Bonchev–Trinajstić information content (AvgIpc) is 2.14. The molecule has 0 heterocycles. The molecule has 0 amide bonds. The van der Waals surface area contributed by atoms with E-state index in [0.717, 1.165) is 12.1 Å². The van der Waals surface area contributed by atoms with Crippen LogP contribution in [0.4, 0.5) is 14.5 Å². The standard InChI is InChI=1S/C10H10BrF2N/c1-3-6(2)14-10-5-8(12)7(11)4-9(10)13/h3-6,14H,1H2,2H3. The van der Waals surface area contributed by atoms with Gasteiger partial charge in [0.25, 0.3) is 0 Å². The van der Waals surface area contributed by atoms with Crippen molar-refractivity contribution in [3.63, 3.8) is 0 Å². The van der Waals surface area contributed by atoms with Crippen LogP contribution >= 0.6 is 15.9 Å². The number of nitrogens with one attached hydrogen (secondary N) is 1. The van der Waals surface area contributed by atoms with E-state index in [-0.39, 0.29) is 16.2 Å². The van der Waals surface area contributed by atoms with E-state index in [4.69, 9.17) is 0 Å². The zero-order valence-corrected chi connectivity index (χ0v) is 9.24. The summed E-state index contributed by atoms with van der Waals surface area (Å²) in [5.74, 6) is -0.989. The van der Waals surface area contributed by atoms with Gasteiger partial charge >= 0.3 is 0 Å². The lowest BCUT2D eigenvalue weighted by Gasteiger charge is -2.12. The van der Waals surface area contributed by atoms with Crippen LogP contribution in [-0.2, 0) is 0 Å². The fourth-order valence-corrected chi connectivity index (χ4v) is 1.25. The molecule has 0 aliphatic rings. The van der Waals surface area contributed by atoms with Crippen LogP contribution in [0.15, 0.2) is 29.3 Å². The molecule has 0 aromatic heterocycles. The predicted octanol–water partition coefficient (Wildman–Crippen LogP) is 3.71. The first-order chi connectivity index (χ1) is 6.54. The molecule has 76 valence electrons. The van der Waals surface area contributed by atoms with Crippen LogP contribution in [0.2, 0.25) is 0 Å². The first kappa shape index (κ1) is 11.2. The zero-order valence-electron chi connectivity index (χ0n) is 7.65. The summed E-state index contributed by atoms with van der Waals surface area (Å²) < 4.78 is 26.4. The Hall–Kier alpha value is -0.900. The number of anilines is 1. The molecule has 4 heteroatoms. The molecular formula is C10H10BrF2N. The molecule has 0 saturated carbocycles. The second-order valence-corrected chi connectivity index (χ2v) is 3.77. The fourth-order valence-electron chi connectivity index (χ4n) is 0.937. The van der Waals surface area contributed by atoms with Gasteiger partial charge in [0.2, 0.25) is 0 Å². The maximum atomic E-state index is 13.2. The second kappa shape index (κ2) is 4.55. The van der Waals surface area contributed by atoms with E-state index in [1.165, 1.54) is 0 Å². The van der Waals surface area contributed by atoms with E-state index in [2.05, 4.69) is 27.8 Å². The Balaban J connectivity index is 2.97. The Labute approximate surface area is 90.0 Å². The van der Waals surface area contributed by atoms with Crippen molar-refractivity contribution in [2.24, 2.45) is 0 Å². The van der Waals surface area contributed by atoms with Crippen LogP contribution in [-0.4, -0.2) is 6.04 Å². The quantitative estimate of drug-likeness (QED) is 0.646. The van der Waals surface area contributed by atoms with Crippen molar-refractivity contribution in [1.29, 1.82) is 0 Å². The van der Waals surface area contributed by atoms with Gasteiger partial charge in [-0.2, -0.15) is 0 Å². The first-order valence-corrected chi connectivity index (χ1v) is 4.87. The minimum Gasteiger partial charge on any atom is -0.377 e. The monoisotopic (exact) mass is 261 g/mol. The molecule has 1 aromatic carbocycles. The number of benzene rings is 1. The van der Waals surface area contributed by atoms with E-state index >= 15 is 0 Å². The van der Waals surface area contributed by atoms with Gasteiger partial charge in [-0.05, 0) is 28.9 Å². The molecule has 0 bridgehead atoms. The predicted molar refractivity (Wildman–Crippen MR) is 57.3 cm³/mol. The van der Waals surface area contributed by atoms with Gasteiger partial charge in [0.1, 0.15) is 11.6 Å². The molecule has 1 unspecified atom stereocenters. The van der Waals surface area contributed by atoms with E-state index in [1.807, 2.05) is 0 Å². The molecule has 0 fully saturated rings. The molecular weight excluding hydrogens is 252 g/mol. The van der Waals surface area contributed by atoms with Crippen molar-refractivity contribution in [1.82, 2.24) is 0 Å². The van der Waals surface area contributed by atoms with Gasteiger partial charge in [-0.1, -0.05) is 6.08 Å². The minimum atomic E-state index is -0.495. The lowest BCUT2D eigenvalue weighted by atomic mass is 10.2. The third-order valence-electron chi connectivity index (χ3n) is 1.75. The van der Waals surface area contributed by atoms with E-state index < -0.39 is 11.6 Å². The topological polar surface area (TPSA) is 12.0 Å². The van der Waals surface area contributed by atoms with E-state index in [0.29, 0.717) is 0 Å². The van der Waals surface area contributed by atoms with Gasteiger partial charge in [0.15, 0.2) is 0 Å². The number of hydrogen-bond acceptors (Lipinski definition) is 1. The van der Waals surface area contributed by atoms with Crippen LogP contribution in [0, 0.1) is 11.6 Å². The largest absolute Gasteiger partial charge is 0.377 e. The molecule has 1 atom stereocenters. The van der Waals surface area contributed by atoms with Gasteiger partial charge in [0.05, 0.1) is 10.2 Å². The molecule has 0 saturated heterocycles. The molecule has 1 nitrogen and oxygen atoms in total. The van der Waals surface area contributed by atoms with Crippen molar-refractivity contribution < 1.29 is 8.78 Å². The lowest BCUT2D eigenvalue weighted by molar-refractivity contribution is 0.596. The smallest absolute Gasteiger partial charge is 0.147 e. The highest BCUT2D eigenvalue weighted by Gasteiger charge is 2.08. The van der Waals surface area contributed by atoms with Crippen molar-refractivity contribution in [2.75, 3.05) is 5.32 Å². The molecule has 1 aromatic rings. The number of rotatable bonds is 3. The second-order valence-electron chi connectivity index (χ2n) is 2.91. The van der Waals surface area contributed by atoms with Gasteiger partial charge in [-0.15, -0.1) is 6.58 Å². The van der Waals surface area contributed by atoms with E-state index in [1.54, 1.807) is 13.0 Å². The molecule has 14 heavy (non-hydrogen) atoms. The summed E-state index contributed by atoms with van der Waals surface area (Å²) in [6, 6.07) is 2.09. The van der Waals surface area contributed by atoms with Crippen LogP contribution < -0.4 is 5.32 Å². The van der Waals surface area contributed by atoms with Crippen molar-refractivity contribution in [3.8, 4) is 0 Å². The molecule has 0 aliphatic carbocycles. The summed E-state index contributed by atoms with van der Waals surface area (Å²) in [6.07, 6.45) is 1.61. The van der Waals surface area contributed by atoms with E-state index in [9.17, 15) is 8.78 Å². The highest BCUT2D eigenvalue weighted by atomic mass is 79.9. The van der Waals surface area contributed by atoms with Gasteiger partial charge in [-0.3, -0.25) is 0 Å². The minimum absolute atomic E-state index is 0.106. The van der Waals surface area contributed by atoms with Crippen LogP contribution in [0.3, 0.4) is 0 Å². The molecule has 0 aliphatic heterocycles. The van der Waals surface area contributed by atoms with Crippen LogP contribution in [0.5, 0.6) is 0 Å². The van der Waals surface area contributed by atoms with Crippen molar-refractivity contribution in [2.45, 2.75) is 13.0 Å². The molecule has 0 spiro atoms. The summed E-state index contributed by atoms with van der Waals surface area (Å²) in [5.41, 5.74) is 0.137. The normalized spacial score (nSPS) is 12.3. The van der Waals surface area contributed by atoms with Crippen molar-refractivity contribution in [3.05, 3.63) is 40.9 Å². The highest BCUT2D eigenvalue weighted by Crippen LogP contribution is 2.23. The fraction of sp³-hybridized carbons (Fsp3) is 0.200. The van der Waals surface area contributed by atoms with Gasteiger partial charge < -0.3 is 5.32 Å². The Kier molecular flexibility index (Phi) is 3.63. The van der Waals surface area contributed by atoms with Crippen LogP contribution in [0.25, 0.3) is 0 Å². The number of halogens is 3. The molecule has 1 N–H and O–H groups in total. The summed E-state index contributed by atoms with van der Waals surface area (Å²) in [4.78, 5) is 0. The van der Waals surface area contributed by atoms with Gasteiger partial charge in [0, 0.05) is 12.1 Å². The molecule has 1 rings (SSSR count). The Morgan fingerprint density at radius 1 is 1.43 bits per heavy atom. The lowest BCUT2D eigenvalue weighted by Crippen LogP contribution is -2.12. The zero-order chi connectivity index (χ0) is 10.7. The SMILES string of the molecule is C=CC(C)Nc1cc(F)c(Br)cc1F. The van der Waals surface area contributed by atoms with Gasteiger partial charge in [-0.25, -0.2) is 8.78 Å². The summed E-state index contributed by atoms with van der Waals surface area (Å²) >= 11 is 2.90. The maximum Gasteiger partial charge on any atom is 0.147 e. The highest BCUT2D eigenvalue weighted by molar-refractivity contribution is 9.10. The van der Waals surface area contributed by atoms with Crippen LogP contribution in [0.1, 0.15) is 6.92 Å². The Morgan fingerprint density at radius 3 is 2.64 bits per heavy atom. The number of hydrogen-bond donors (Lipinski definition) is 1. The Bertz CT molecular complexity index is 352. The van der Waals surface area contributed by atoms with Crippen molar-refractivity contribution >= 4 is 21.6 Å². The third kappa shape index (κ3) is 2.54. The average molecular weight is 262 g/mol. The third-order valence-corrected chi connectivity index (χ3v) is 2.35. The first-order valence-electron chi connectivity index (χ1n) is 4.08. The summed E-state index contributed by atoms with van der Waals surface area (Å²) in [7, 11) is 0. The Morgan fingerprint density at radius 2 is 2.07 bits per heavy atom. The summed E-state index contributed by atoms with van der Waals surface area (Å²) in [5, 5.41) is 2.77. The maximum absolute atomic E-state index is 13.2.